The Bertz CT molecular complexity index is 416. The lowest BCUT2D eigenvalue weighted by Gasteiger charge is -2.04. The van der Waals surface area contributed by atoms with Crippen molar-refractivity contribution in [3.05, 3.63) is 23.5 Å². The van der Waals surface area contributed by atoms with E-state index in [1.807, 2.05) is 13.1 Å². The maximum absolute atomic E-state index is 4.46. The summed E-state index contributed by atoms with van der Waals surface area (Å²) in [6, 6.07) is 1.96. The molecule has 0 amide bonds. The molecular weight excluding hydrogens is 208 g/mol. The van der Waals surface area contributed by atoms with Gasteiger partial charge < -0.3 is 5.32 Å². The van der Waals surface area contributed by atoms with Crippen LogP contribution < -0.4 is 5.32 Å². The average molecular weight is 220 g/mol. The molecule has 0 aliphatic carbocycles. The quantitative estimate of drug-likeness (QED) is 0.861. The molecule has 0 saturated heterocycles. The number of rotatable bonds is 3. The van der Waals surface area contributed by atoms with Gasteiger partial charge in [-0.15, -0.1) is 11.3 Å². The zero-order valence-corrected chi connectivity index (χ0v) is 9.51. The van der Waals surface area contributed by atoms with Crippen molar-refractivity contribution in [1.82, 2.24) is 15.0 Å². The van der Waals surface area contributed by atoms with Gasteiger partial charge in [0, 0.05) is 25.0 Å². The third kappa shape index (κ3) is 2.12. The Labute approximate surface area is 92.4 Å². The molecule has 2 aromatic heterocycles. The van der Waals surface area contributed by atoms with Crippen LogP contribution in [0, 0.1) is 0 Å². The number of nitrogens with one attached hydrogen (secondary N) is 1. The van der Waals surface area contributed by atoms with Gasteiger partial charge in [0.05, 0.1) is 10.4 Å². The largest absolute Gasteiger partial charge is 0.373 e. The molecule has 0 spiro atoms. The summed E-state index contributed by atoms with van der Waals surface area (Å²) in [5.74, 6) is 1.60. The second-order valence-corrected chi connectivity index (χ2v) is 3.92. The van der Waals surface area contributed by atoms with E-state index in [0.717, 1.165) is 28.6 Å². The van der Waals surface area contributed by atoms with Gasteiger partial charge in [-0.1, -0.05) is 6.92 Å². The van der Waals surface area contributed by atoms with E-state index in [2.05, 4.69) is 27.2 Å². The first-order valence-corrected chi connectivity index (χ1v) is 5.66. The second-order valence-electron chi connectivity index (χ2n) is 3.04. The summed E-state index contributed by atoms with van der Waals surface area (Å²) in [4.78, 5) is 13.9. The molecule has 0 fully saturated rings. The Balaban J connectivity index is 2.47. The van der Waals surface area contributed by atoms with Crippen molar-refractivity contribution in [3.63, 3.8) is 0 Å². The maximum Gasteiger partial charge on any atom is 0.173 e. The minimum atomic E-state index is 0.751. The summed E-state index contributed by atoms with van der Waals surface area (Å²) in [6.07, 6.45) is 2.70. The summed E-state index contributed by atoms with van der Waals surface area (Å²) in [5, 5.41) is 3.04. The predicted octanol–water partition coefficient (Wildman–Crippen LogP) is 2.20. The van der Waals surface area contributed by atoms with E-state index >= 15 is 0 Å². The minimum absolute atomic E-state index is 0.751. The number of hydrogen-bond acceptors (Lipinski definition) is 5. The number of thiazole rings is 1. The van der Waals surface area contributed by atoms with Gasteiger partial charge in [0.15, 0.2) is 5.82 Å². The molecule has 5 heteroatoms. The van der Waals surface area contributed by atoms with Crippen molar-refractivity contribution < 1.29 is 0 Å². The zero-order valence-electron chi connectivity index (χ0n) is 8.69. The molecular formula is C10H12N4S. The SMILES string of the molecule is CCc1cc(NC)nc(-c2cncs2)n1. The highest BCUT2D eigenvalue weighted by atomic mass is 32.1. The van der Waals surface area contributed by atoms with Gasteiger partial charge in [-0.2, -0.15) is 0 Å². The second kappa shape index (κ2) is 4.35. The fourth-order valence-electron chi connectivity index (χ4n) is 1.24. The lowest BCUT2D eigenvalue weighted by atomic mass is 10.3. The summed E-state index contributed by atoms with van der Waals surface area (Å²) in [5.41, 5.74) is 2.83. The van der Waals surface area contributed by atoms with Crippen molar-refractivity contribution >= 4 is 17.2 Å². The third-order valence-corrected chi connectivity index (χ3v) is 2.82. The fraction of sp³-hybridized carbons (Fsp3) is 0.300. The Morgan fingerprint density at radius 1 is 1.40 bits per heavy atom. The molecule has 1 N–H and O–H groups in total. The van der Waals surface area contributed by atoms with Crippen LogP contribution in [0.15, 0.2) is 17.8 Å². The first-order chi connectivity index (χ1) is 7.33. The predicted molar refractivity (Wildman–Crippen MR) is 62.1 cm³/mol. The fourth-order valence-corrected chi connectivity index (χ4v) is 1.80. The van der Waals surface area contributed by atoms with Gasteiger partial charge in [0.1, 0.15) is 5.82 Å². The molecule has 0 atom stereocenters. The van der Waals surface area contributed by atoms with Crippen LogP contribution in [0.4, 0.5) is 5.82 Å². The molecule has 2 rings (SSSR count). The van der Waals surface area contributed by atoms with E-state index in [1.165, 1.54) is 0 Å². The van der Waals surface area contributed by atoms with Crippen LogP contribution in [0.2, 0.25) is 0 Å². The van der Waals surface area contributed by atoms with Crippen molar-refractivity contribution in [2.24, 2.45) is 0 Å². The number of anilines is 1. The number of hydrogen-bond donors (Lipinski definition) is 1. The van der Waals surface area contributed by atoms with Crippen LogP contribution in [-0.4, -0.2) is 22.0 Å². The Morgan fingerprint density at radius 3 is 2.87 bits per heavy atom. The third-order valence-electron chi connectivity index (χ3n) is 2.05. The van der Waals surface area contributed by atoms with Crippen molar-refractivity contribution in [1.29, 1.82) is 0 Å². The highest BCUT2D eigenvalue weighted by Crippen LogP contribution is 2.21. The van der Waals surface area contributed by atoms with E-state index < -0.39 is 0 Å². The maximum atomic E-state index is 4.46. The monoisotopic (exact) mass is 220 g/mol. The minimum Gasteiger partial charge on any atom is -0.373 e. The lowest BCUT2D eigenvalue weighted by molar-refractivity contribution is 1.01. The summed E-state index contributed by atoms with van der Waals surface area (Å²) in [7, 11) is 1.86. The highest BCUT2D eigenvalue weighted by Gasteiger charge is 2.06. The number of nitrogens with zero attached hydrogens (tertiary/aromatic N) is 3. The van der Waals surface area contributed by atoms with Gasteiger partial charge in [0.25, 0.3) is 0 Å². The van der Waals surface area contributed by atoms with Gasteiger partial charge >= 0.3 is 0 Å². The van der Waals surface area contributed by atoms with E-state index in [1.54, 1.807) is 23.0 Å². The zero-order chi connectivity index (χ0) is 10.7. The molecule has 2 aromatic rings. The van der Waals surface area contributed by atoms with Gasteiger partial charge in [-0.3, -0.25) is 4.98 Å². The van der Waals surface area contributed by atoms with Crippen LogP contribution in [0.1, 0.15) is 12.6 Å². The van der Waals surface area contributed by atoms with Gasteiger partial charge in [-0.05, 0) is 6.42 Å². The molecule has 0 bridgehead atoms. The van der Waals surface area contributed by atoms with Crippen LogP contribution >= 0.6 is 11.3 Å². The Morgan fingerprint density at radius 2 is 2.27 bits per heavy atom. The molecule has 2 heterocycles. The average Bonchev–Trinajstić information content (AvgIpc) is 2.81. The first kappa shape index (κ1) is 10.0. The number of aromatic nitrogens is 3. The Kier molecular flexibility index (Phi) is 2.91. The van der Waals surface area contributed by atoms with Crippen molar-refractivity contribution in [2.75, 3.05) is 12.4 Å². The van der Waals surface area contributed by atoms with E-state index in [4.69, 9.17) is 0 Å². The molecule has 15 heavy (non-hydrogen) atoms. The Hall–Kier alpha value is -1.49. The summed E-state index contributed by atoms with van der Waals surface area (Å²) in [6.45, 7) is 2.08. The van der Waals surface area contributed by atoms with Gasteiger partial charge in [-0.25, -0.2) is 9.97 Å². The molecule has 0 unspecified atom stereocenters. The molecule has 0 radical (unpaired) electrons. The lowest BCUT2D eigenvalue weighted by Crippen LogP contribution is -1.99. The van der Waals surface area contributed by atoms with Gasteiger partial charge in [0.2, 0.25) is 0 Å². The number of aryl methyl sites for hydroxylation is 1. The molecule has 4 nitrogen and oxygen atoms in total. The molecule has 0 aliphatic heterocycles. The normalized spacial score (nSPS) is 10.3. The van der Waals surface area contributed by atoms with Crippen LogP contribution in [-0.2, 0) is 6.42 Å². The van der Waals surface area contributed by atoms with E-state index in [9.17, 15) is 0 Å². The summed E-state index contributed by atoms with van der Waals surface area (Å²) >= 11 is 1.55. The summed E-state index contributed by atoms with van der Waals surface area (Å²) < 4.78 is 0. The smallest absolute Gasteiger partial charge is 0.173 e. The molecule has 0 saturated carbocycles. The first-order valence-electron chi connectivity index (χ1n) is 4.78. The topological polar surface area (TPSA) is 50.7 Å². The molecule has 78 valence electrons. The highest BCUT2D eigenvalue weighted by molar-refractivity contribution is 7.13. The van der Waals surface area contributed by atoms with Crippen molar-refractivity contribution in [3.8, 4) is 10.7 Å². The van der Waals surface area contributed by atoms with E-state index in [0.29, 0.717) is 0 Å². The van der Waals surface area contributed by atoms with Crippen LogP contribution in [0.3, 0.4) is 0 Å². The van der Waals surface area contributed by atoms with E-state index in [-0.39, 0.29) is 0 Å². The van der Waals surface area contributed by atoms with Crippen LogP contribution in [0.5, 0.6) is 0 Å². The van der Waals surface area contributed by atoms with Crippen LogP contribution in [0.25, 0.3) is 10.7 Å². The standard InChI is InChI=1S/C10H12N4S/c1-3-7-4-9(11-2)14-10(13-7)8-5-12-6-15-8/h4-6H,3H2,1-2H3,(H,11,13,14). The van der Waals surface area contributed by atoms with Crippen molar-refractivity contribution in [2.45, 2.75) is 13.3 Å². The molecule has 0 aromatic carbocycles. The molecule has 0 aliphatic rings.